The molecule has 12 heteroatoms. The van der Waals surface area contributed by atoms with Gasteiger partial charge in [-0.1, -0.05) is 0 Å². The van der Waals surface area contributed by atoms with E-state index >= 15 is 0 Å². The van der Waals surface area contributed by atoms with Crippen LogP contribution in [-0.4, -0.2) is 68.8 Å². The number of anilines is 1. The molecule has 0 spiro atoms. The first kappa shape index (κ1) is 26.8. The second-order valence-corrected chi connectivity index (χ2v) is 13.5. The molecule has 0 saturated carbocycles. The van der Waals surface area contributed by atoms with E-state index in [1.807, 2.05) is 0 Å². The smallest absolute Gasteiger partial charge is 0.253 e. The quantitative estimate of drug-likeness (QED) is 0.343. The maximum Gasteiger partial charge on any atom is 0.253 e. The Morgan fingerprint density at radius 3 is 1.87 bits per heavy atom. The van der Waals surface area contributed by atoms with Crippen LogP contribution >= 0.6 is 23.2 Å². The van der Waals surface area contributed by atoms with Gasteiger partial charge < -0.3 is 15.4 Å². The third-order valence-corrected chi connectivity index (χ3v) is 9.79. The molecule has 1 rings (SSSR count). The summed E-state index contributed by atoms with van der Waals surface area (Å²) < 4.78 is 50.7. The number of ether oxygens (including phenoxy) is 1. The van der Waals surface area contributed by atoms with Gasteiger partial charge in [0.25, 0.3) is 5.91 Å². The van der Waals surface area contributed by atoms with Crippen molar-refractivity contribution in [2.75, 3.05) is 37.4 Å². The van der Waals surface area contributed by atoms with Gasteiger partial charge in [0.2, 0.25) is 0 Å². The predicted octanol–water partition coefficient (Wildman–Crippen LogP) is 2.50. The number of halogens is 2. The predicted molar refractivity (Wildman–Crippen MR) is 121 cm³/mol. The van der Waals surface area contributed by atoms with Gasteiger partial charge in [0.15, 0.2) is 19.7 Å². The van der Waals surface area contributed by atoms with Crippen molar-refractivity contribution in [3.05, 3.63) is 23.8 Å². The van der Waals surface area contributed by atoms with Crippen molar-refractivity contribution in [2.45, 2.75) is 36.1 Å². The van der Waals surface area contributed by atoms with Crippen molar-refractivity contribution in [3.8, 4) is 5.75 Å². The highest BCUT2D eigenvalue weighted by atomic mass is 35.5. The lowest BCUT2D eigenvalue weighted by Crippen LogP contribution is -2.35. The molecule has 0 aliphatic heterocycles. The fourth-order valence-corrected chi connectivity index (χ4v) is 4.85. The van der Waals surface area contributed by atoms with Crippen molar-refractivity contribution in [3.63, 3.8) is 0 Å². The summed E-state index contributed by atoms with van der Waals surface area (Å²) in [5.41, 5.74) is 6.43. The van der Waals surface area contributed by atoms with E-state index in [-0.39, 0.29) is 48.7 Å². The largest absolute Gasteiger partial charge is 0.495 e. The number of sulfone groups is 2. The highest BCUT2D eigenvalue weighted by molar-refractivity contribution is 7.93. The fourth-order valence-electron chi connectivity index (χ4n) is 2.60. The Kier molecular flexibility index (Phi) is 10.2. The fraction of sp³-hybridized carbons (Fsp3) is 0.611. The first-order chi connectivity index (χ1) is 13.8. The van der Waals surface area contributed by atoms with E-state index in [2.05, 4.69) is 0 Å². The number of alkyl halides is 2. The van der Waals surface area contributed by atoms with Gasteiger partial charge in [-0.25, -0.2) is 16.8 Å². The summed E-state index contributed by atoms with van der Waals surface area (Å²) >= 11 is 11.4. The molecular formula is C18H28Cl2N2O6S2. The first-order valence-corrected chi connectivity index (χ1v) is 13.6. The number of benzene rings is 1. The number of methoxy groups -OCH3 is 1. The van der Waals surface area contributed by atoms with Gasteiger partial charge in [-0.2, -0.15) is 0 Å². The van der Waals surface area contributed by atoms with Crippen LogP contribution < -0.4 is 10.5 Å². The molecule has 2 unspecified atom stereocenters. The van der Waals surface area contributed by atoms with Gasteiger partial charge in [-0.15, -0.1) is 23.2 Å². The molecule has 0 bridgehead atoms. The van der Waals surface area contributed by atoms with Crippen molar-refractivity contribution >= 4 is 54.5 Å². The average molecular weight is 503 g/mol. The van der Waals surface area contributed by atoms with Crippen LogP contribution in [0.1, 0.15) is 37.0 Å². The molecule has 1 aromatic rings. The van der Waals surface area contributed by atoms with Crippen LogP contribution in [0.25, 0.3) is 0 Å². The van der Waals surface area contributed by atoms with E-state index in [9.17, 15) is 21.6 Å². The molecule has 0 aliphatic rings. The Morgan fingerprint density at radius 2 is 1.50 bits per heavy atom. The Bertz CT molecular complexity index is 890. The van der Waals surface area contributed by atoms with Gasteiger partial charge in [0.05, 0.1) is 24.3 Å². The van der Waals surface area contributed by atoms with E-state index in [1.165, 1.54) is 31.9 Å². The highest BCUT2D eigenvalue weighted by Crippen LogP contribution is 2.23. The maximum absolute atomic E-state index is 13.0. The molecule has 2 atom stereocenters. The van der Waals surface area contributed by atoms with Gasteiger partial charge in [0, 0.05) is 18.7 Å². The molecule has 172 valence electrons. The Morgan fingerprint density at radius 1 is 1.03 bits per heavy atom. The SMILES string of the molecule is COc1ccc(C(=O)N(CCCS(=O)(=O)C(C)Cl)CCCS(=O)(=O)C(C)Cl)cc1N. The zero-order valence-corrected chi connectivity index (χ0v) is 20.3. The minimum absolute atomic E-state index is 0.115. The molecule has 0 aromatic heterocycles. The first-order valence-electron chi connectivity index (χ1n) is 9.26. The normalized spacial score (nSPS) is 14.2. The summed E-state index contributed by atoms with van der Waals surface area (Å²) in [4.78, 5) is 14.4. The zero-order chi connectivity index (χ0) is 23.1. The maximum atomic E-state index is 13.0. The van der Waals surface area contributed by atoms with Crippen LogP contribution in [0.4, 0.5) is 5.69 Å². The molecule has 0 heterocycles. The van der Waals surface area contributed by atoms with E-state index < -0.39 is 35.0 Å². The molecule has 0 saturated heterocycles. The standard InChI is InChI=1S/C18H28Cl2N2O6S2/c1-13(19)29(24,25)10-4-8-22(9-5-11-30(26,27)14(2)20)18(23)15-6-7-17(28-3)16(21)12-15/h6-7,12-14H,4-5,8-11,21H2,1-3H3. The molecule has 1 amide bonds. The van der Waals surface area contributed by atoms with Crippen molar-refractivity contribution in [2.24, 2.45) is 0 Å². The number of carbonyl (C=O) groups is 1. The van der Waals surface area contributed by atoms with Crippen LogP contribution in [-0.2, 0) is 19.7 Å². The Labute approximate surface area is 188 Å². The average Bonchev–Trinajstić information content (AvgIpc) is 2.65. The second-order valence-electron chi connectivity index (χ2n) is 6.78. The summed E-state index contributed by atoms with van der Waals surface area (Å²) in [6, 6.07) is 4.56. The summed E-state index contributed by atoms with van der Waals surface area (Å²) in [5, 5.41) is 0. The molecular weight excluding hydrogens is 475 g/mol. The zero-order valence-electron chi connectivity index (χ0n) is 17.2. The van der Waals surface area contributed by atoms with Crippen LogP contribution in [0.3, 0.4) is 0 Å². The molecule has 1 aromatic carbocycles. The number of nitrogens with zero attached hydrogens (tertiary/aromatic N) is 1. The molecule has 0 radical (unpaired) electrons. The minimum atomic E-state index is -3.48. The third-order valence-electron chi connectivity index (χ3n) is 4.47. The molecule has 30 heavy (non-hydrogen) atoms. The van der Waals surface area contributed by atoms with Crippen LogP contribution in [0.5, 0.6) is 5.75 Å². The number of nitrogens with two attached hydrogens (primary N) is 1. The number of nitrogen functional groups attached to an aromatic ring is 1. The van der Waals surface area contributed by atoms with E-state index in [4.69, 9.17) is 33.7 Å². The van der Waals surface area contributed by atoms with Crippen molar-refractivity contribution in [1.82, 2.24) is 4.90 Å². The molecule has 8 nitrogen and oxygen atoms in total. The summed E-state index contributed by atoms with van der Waals surface area (Å²) in [7, 11) is -5.50. The Hall–Kier alpha value is -1.23. The lowest BCUT2D eigenvalue weighted by atomic mass is 10.1. The van der Waals surface area contributed by atoms with Gasteiger partial charge >= 0.3 is 0 Å². The summed E-state index contributed by atoms with van der Waals surface area (Å²) in [5.74, 6) is -0.355. The van der Waals surface area contributed by atoms with Gasteiger partial charge in [-0.05, 0) is 44.9 Å². The molecule has 0 aliphatic carbocycles. The second kappa shape index (κ2) is 11.4. The number of carbonyl (C=O) groups excluding carboxylic acids is 1. The Balaban J connectivity index is 2.95. The number of hydrogen-bond donors (Lipinski definition) is 1. The summed E-state index contributed by atoms with van der Waals surface area (Å²) in [6.07, 6.45) is 0.324. The van der Waals surface area contributed by atoms with E-state index in [0.29, 0.717) is 5.75 Å². The topological polar surface area (TPSA) is 124 Å². The number of rotatable bonds is 12. The molecule has 2 N–H and O–H groups in total. The monoisotopic (exact) mass is 502 g/mol. The van der Waals surface area contributed by atoms with Crippen molar-refractivity contribution < 1.29 is 26.4 Å². The minimum Gasteiger partial charge on any atom is -0.495 e. The lowest BCUT2D eigenvalue weighted by molar-refractivity contribution is 0.0756. The third kappa shape index (κ3) is 7.79. The molecule has 0 fully saturated rings. The van der Waals surface area contributed by atoms with Crippen LogP contribution in [0.15, 0.2) is 18.2 Å². The van der Waals surface area contributed by atoms with Crippen molar-refractivity contribution in [1.29, 1.82) is 0 Å². The highest BCUT2D eigenvalue weighted by Gasteiger charge is 2.23. The van der Waals surface area contributed by atoms with E-state index in [1.54, 1.807) is 12.1 Å². The van der Waals surface area contributed by atoms with E-state index in [0.717, 1.165) is 0 Å². The van der Waals surface area contributed by atoms with Crippen LogP contribution in [0.2, 0.25) is 0 Å². The van der Waals surface area contributed by atoms with Gasteiger partial charge in [0.1, 0.15) is 15.2 Å². The number of hydrogen-bond acceptors (Lipinski definition) is 7. The summed E-state index contributed by atoms with van der Waals surface area (Å²) in [6.45, 7) is 2.98. The number of amides is 1. The van der Waals surface area contributed by atoms with Gasteiger partial charge in [-0.3, -0.25) is 4.79 Å². The van der Waals surface area contributed by atoms with Crippen LogP contribution in [0, 0.1) is 0 Å². The lowest BCUT2D eigenvalue weighted by Gasteiger charge is -2.23.